The van der Waals surface area contributed by atoms with Crippen LogP contribution in [0.1, 0.15) is 32.3 Å². The van der Waals surface area contributed by atoms with Gasteiger partial charge in [-0.05, 0) is 30.5 Å². The Bertz CT molecular complexity index is 330. The third-order valence-corrected chi connectivity index (χ3v) is 3.31. The fourth-order valence-corrected chi connectivity index (χ4v) is 1.99. The molecule has 1 aromatic carbocycles. The van der Waals surface area contributed by atoms with Crippen LogP contribution in [-0.4, -0.2) is 16.3 Å². The van der Waals surface area contributed by atoms with E-state index in [1.807, 2.05) is 12.1 Å². The molecule has 2 nitrogen and oxygen atoms in total. The zero-order valence-corrected chi connectivity index (χ0v) is 10.0. The summed E-state index contributed by atoms with van der Waals surface area (Å²) in [7, 11) is 0. The molecule has 0 unspecified atom stereocenters. The third kappa shape index (κ3) is 3.59. The lowest BCUT2D eigenvalue weighted by molar-refractivity contribution is -0.136. The van der Waals surface area contributed by atoms with Gasteiger partial charge in [-0.1, -0.05) is 26.0 Å². The first-order valence-electron chi connectivity index (χ1n) is 5.00. The molecule has 0 radical (unpaired) electrons. The van der Waals surface area contributed by atoms with E-state index in [9.17, 15) is 4.79 Å². The third-order valence-electron chi connectivity index (χ3n) is 2.21. The first-order valence-corrected chi connectivity index (χ1v) is 5.88. The standard InChI is InChI=1S/C12H16O2S/c1-8(2)10-4-6-11(7-5-10)15-9(3)12(13)14/h4-9H,1-3H3,(H,13,14)/t9-/m0/s1. The molecule has 1 N–H and O–H groups in total. The monoisotopic (exact) mass is 224 g/mol. The number of rotatable bonds is 4. The quantitative estimate of drug-likeness (QED) is 0.797. The van der Waals surface area contributed by atoms with Crippen molar-refractivity contribution in [1.29, 1.82) is 0 Å². The number of benzene rings is 1. The van der Waals surface area contributed by atoms with E-state index in [0.717, 1.165) is 4.90 Å². The van der Waals surface area contributed by atoms with E-state index in [1.165, 1.54) is 17.3 Å². The Hall–Kier alpha value is -0.960. The van der Waals surface area contributed by atoms with E-state index in [0.29, 0.717) is 5.92 Å². The predicted octanol–water partition coefficient (Wildman–Crippen LogP) is 3.38. The van der Waals surface area contributed by atoms with Crippen LogP contribution >= 0.6 is 11.8 Å². The Labute approximate surface area is 94.7 Å². The van der Waals surface area contributed by atoms with Gasteiger partial charge in [-0.25, -0.2) is 0 Å². The van der Waals surface area contributed by atoms with Gasteiger partial charge in [0.25, 0.3) is 0 Å². The fourth-order valence-electron chi connectivity index (χ4n) is 1.19. The Kier molecular flexibility index (Phi) is 4.21. The fraction of sp³-hybridized carbons (Fsp3) is 0.417. The minimum Gasteiger partial charge on any atom is -0.480 e. The van der Waals surface area contributed by atoms with Gasteiger partial charge in [-0.15, -0.1) is 11.8 Å². The van der Waals surface area contributed by atoms with Crippen LogP contribution in [0.15, 0.2) is 29.2 Å². The van der Waals surface area contributed by atoms with E-state index >= 15 is 0 Å². The highest BCUT2D eigenvalue weighted by Gasteiger charge is 2.12. The zero-order valence-electron chi connectivity index (χ0n) is 9.23. The van der Waals surface area contributed by atoms with Gasteiger partial charge in [-0.3, -0.25) is 4.79 Å². The summed E-state index contributed by atoms with van der Waals surface area (Å²) in [6.07, 6.45) is 0. The molecule has 1 aromatic rings. The molecule has 0 fully saturated rings. The van der Waals surface area contributed by atoms with Crippen LogP contribution in [0.5, 0.6) is 0 Å². The first-order chi connectivity index (χ1) is 7.00. The van der Waals surface area contributed by atoms with Gasteiger partial charge in [0.1, 0.15) is 5.25 Å². The van der Waals surface area contributed by atoms with E-state index in [2.05, 4.69) is 26.0 Å². The minimum atomic E-state index is -0.770. The summed E-state index contributed by atoms with van der Waals surface area (Å²) in [5.41, 5.74) is 1.28. The van der Waals surface area contributed by atoms with Crippen molar-refractivity contribution in [2.24, 2.45) is 0 Å². The number of aliphatic carboxylic acids is 1. The second-order valence-electron chi connectivity index (χ2n) is 3.82. The van der Waals surface area contributed by atoms with Crippen LogP contribution in [0, 0.1) is 0 Å². The highest BCUT2D eigenvalue weighted by molar-refractivity contribution is 8.00. The number of carbonyl (C=O) groups is 1. The molecule has 0 spiro atoms. The molecule has 1 rings (SSSR count). The second kappa shape index (κ2) is 5.21. The van der Waals surface area contributed by atoms with Crippen molar-refractivity contribution in [3.63, 3.8) is 0 Å². The molecule has 0 aliphatic carbocycles. The summed E-state index contributed by atoms with van der Waals surface area (Å²) >= 11 is 1.37. The van der Waals surface area contributed by atoms with Gasteiger partial charge >= 0.3 is 5.97 Å². The van der Waals surface area contributed by atoms with Crippen LogP contribution in [0.3, 0.4) is 0 Å². The van der Waals surface area contributed by atoms with Crippen LogP contribution < -0.4 is 0 Å². The van der Waals surface area contributed by atoms with Crippen molar-refractivity contribution < 1.29 is 9.90 Å². The molecule has 0 saturated heterocycles. The van der Waals surface area contributed by atoms with Gasteiger partial charge in [-0.2, -0.15) is 0 Å². The molecule has 0 bridgehead atoms. The molecular formula is C12H16O2S. The largest absolute Gasteiger partial charge is 0.480 e. The van der Waals surface area contributed by atoms with Crippen molar-refractivity contribution in [3.8, 4) is 0 Å². The van der Waals surface area contributed by atoms with Crippen molar-refractivity contribution in [1.82, 2.24) is 0 Å². The van der Waals surface area contributed by atoms with Crippen LogP contribution in [0.4, 0.5) is 0 Å². The number of carboxylic acids is 1. The maximum absolute atomic E-state index is 10.7. The average Bonchev–Trinajstić information content (AvgIpc) is 2.18. The highest BCUT2D eigenvalue weighted by Crippen LogP contribution is 2.25. The van der Waals surface area contributed by atoms with Crippen LogP contribution in [0.2, 0.25) is 0 Å². The summed E-state index contributed by atoms with van der Waals surface area (Å²) in [6.45, 7) is 5.98. The van der Waals surface area contributed by atoms with Gasteiger partial charge in [0.2, 0.25) is 0 Å². The molecule has 0 aliphatic rings. The average molecular weight is 224 g/mol. The summed E-state index contributed by atoms with van der Waals surface area (Å²) in [6, 6.07) is 8.09. The van der Waals surface area contributed by atoms with Gasteiger partial charge < -0.3 is 5.11 Å². The zero-order chi connectivity index (χ0) is 11.4. The normalized spacial score (nSPS) is 12.8. The first kappa shape index (κ1) is 12.1. The van der Waals surface area contributed by atoms with Crippen molar-refractivity contribution in [2.75, 3.05) is 0 Å². The molecular weight excluding hydrogens is 208 g/mol. The number of carboxylic acid groups (broad SMARTS) is 1. The summed E-state index contributed by atoms with van der Waals surface area (Å²) in [5.74, 6) is -0.256. The Morgan fingerprint density at radius 1 is 1.20 bits per heavy atom. The molecule has 0 saturated carbocycles. The Morgan fingerprint density at radius 2 is 1.73 bits per heavy atom. The maximum Gasteiger partial charge on any atom is 0.316 e. The molecule has 0 aromatic heterocycles. The Balaban J connectivity index is 2.68. The van der Waals surface area contributed by atoms with Crippen molar-refractivity contribution >= 4 is 17.7 Å². The number of hydrogen-bond donors (Lipinski definition) is 1. The number of hydrogen-bond acceptors (Lipinski definition) is 2. The predicted molar refractivity (Wildman–Crippen MR) is 63.5 cm³/mol. The molecule has 0 heterocycles. The number of thioether (sulfide) groups is 1. The lowest BCUT2D eigenvalue weighted by Crippen LogP contribution is -2.10. The molecule has 3 heteroatoms. The molecule has 0 aliphatic heterocycles. The molecule has 0 amide bonds. The van der Waals surface area contributed by atoms with Gasteiger partial charge in [0.05, 0.1) is 0 Å². The SMILES string of the molecule is CC(C)c1ccc(S[C@@H](C)C(=O)O)cc1. The topological polar surface area (TPSA) is 37.3 Å². The molecule has 82 valence electrons. The summed E-state index contributed by atoms with van der Waals surface area (Å²) in [4.78, 5) is 11.7. The summed E-state index contributed by atoms with van der Waals surface area (Å²) in [5, 5.41) is 8.37. The van der Waals surface area contributed by atoms with E-state index in [-0.39, 0.29) is 0 Å². The van der Waals surface area contributed by atoms with Crippen LogP contribution in [0.25, 0.3) is 0 Å². The second-order valence-corrected chi connectivity index (χ2v) is 5.24. The van der Waals surface area contributed by atoms with Crippen LogP contribution in [-0.2, 0) is 4.79 Å². The lowest BCUT2D eigenvalue weighted by atomic mass is 10.0. The lowest BCUT2D eigenvalue weighted by Gasteiger charge is -2.08. The molecule has 1 atom stereocenters. The maximum atomic E-state index is 10.7. The van der Waals surface area contributed by atoms with E-state index in [4.69, 9.17) is 5.11 Å². The van der Waals surface area contributed by atoms with Crippen molar-refractivity contribution in [3.05, 3.63) is 29.8 Å². The van der Waals surface area contributed by atoms with Gasteiger partial charge in [0.15, 0.2) is 0 Å². The van der Waals surface area contributed by atoms with Crippen molar-refractivity contribution in [2.45, 2.75) is 36.8 Å². The Morgan fingerprint density at radius 3 is 2.13 bits per heavy atom. The van der Waals surface area contributed by atoms with E-state index < -0.39 is 11.2 Å². The van der Waals surface area contributed by atoms with Gasteiger partial charge in [0, 0.05) is 4.90 Å². The smallest absolute Gasteiger partial charge is 0.316 e. The minimum absolute atomic E-state index is 0.394. The summed E-state index contributed by atoms with van der Waals surface area (Å²) < 4.78 is 0. The molecule has 15 heavy (non-hydrogen) atoms. The highest BCUT2D eigenvalue weighted by atomic mass is 32.2. The van der Waals surface area contributed by atoms with E-state index in [1.54, 1.807) is 6.92 Å².